The Morgan fingerprint density at radius 3 is 2.65 bits per heavy atom. The van der Waals surface area contributed by atoms with E-state index >= 15 is 0 Å². The summed E-state index contributed by atoms with van der Waals surface area (Å²) >= 11 is 5.88. The van der Waals surface area contributed by atoms with Crippen LogP contribution in [0, 0.1) is 0 Å². The van der Waals surface area contributed by atoms with Crippen molar-refractivity contribution in [3.05, 3.63) is 29.3 Å². The fraction of sp³-hybridized carbons (Fsp3) is 0.500. The molecule has 0 aliphatic carbocycles. The zero-order chi connectivity index (χ0) is 13.8. The first-order valence-electron chi connectivity index (χ1n) is 6.46. The summed E-state index contributed by atoms with van der Waals surface area (Å²) in [6.07, 6.45) is 0.338. The Morgan fingerprint density at radius 1 is 1.40 bits per heavy atom. The van der Waals surface area contributed by atoms with Crippen LogP contribution >= 0.6 is 24.0 Å². The minimum atomic E-state index is -0.0245. The normalized spacial score (nSPS) is 22.9. The molecule has 0 aromatic heterocycles. The lowest BCUT2D eigenvalue weighted by Gasteiger charge is -2.34. The molecule has 1 saturated heterocycles. The molecule has 2 rings (SSSR count). The average molecular weight is 319 g/mol. The lowest BCUT2D eigenvalue weighted by atomic mass is 10.2. The van der Waals surface area contributed by atoms with E-state index in [9.17, 15) is 4.79 Å². The molecule has 0 spiro atoms. The molecule has 4 nitrogen and oxygen atoms in total. The lowest BCUT2D eigenvalue weighted by Crippen LogP contribution is -2.48. The summed E-state index contributed by atoms with van der Waals surface area (Å²) < 4.78 is 5.64. The molecule has 1 aliphatic heterocycles. The molecular formula is C14H20Cl2N2O2. The van der Waals surface area contributed by atoms with Crippen LogP contribution in [0.3, 0.4) is 0 Å². The number of hydrogen-bond acceptors (Lipinski definition) is 3. The van der Waals surface area contributed by atoms with Crippen molar-refractivity contribution in [2.75, 3.05) is 25.0 Å². The monoisotopic (exact) mass is 318 g/mol. The molecule has 1 heterocycles. The molecule has 0 radical (unpaired) electrons. The van der Waals surface area contributed by atoms with Crippen LogP contribution in [0.15, 0.2) is 24.3 Å². The molecule has 20 heavy (non-hydrogen) atoms. The molecule has 6 heteroatoms. The standard InChI is InChI=1S/C14H19ClN2O2.ClH/c1-10-7-17(8-11(2)19-10)9-14(18)16-13-5-3-4-12(15)6-13;/h3-6,10-11H,7-9H2,1-2H3,(H,16,18);1H. The van der Waals surface area contributed by atoms with Gasteiger partial charge in [-0.15, -0.1) is 12.4 Å². The van der Waals surface area contributed by atoms with Crippen molar-refractivity contribution in [1.82, 2.24) is 4.90 Å². The fourth-order valence-electron chi connectivity index (χ4n) is 2.38. The van der Waals surface area contributed by atoms with Gasteiger partial charge in [0.2, 0.25) is 5.91 Å². The molecule has 1 N–H and O–H groups in total. The van der Waals surface area contributed by atoms with Gasteiger partial charge in [0.1, 0.15) is 0 Å². The second kappa shape index (κ2) is 7.84. The zero-order valence-electron chi connectivity index (χ0n) is 11.6. The molecule has 1 aliphatic rings. The van der Waals surface area contributed by atoms with Crippen molar-refractivity contribution >= 4 is 35.6 Å². The maximum atomic E-state index is 12.0. The number of nitrogens with zero attached hydrogens (tertiary/aromatic N) is 1. The molecule has 112 valence electrons. The number of carbonyl (C=O) groups excluding carboxylic acids is 1. The summed E-state index contributed by atoms with van der Waals surface area (Å²) in [5, 5.41) is 3.47. The first-order chi connectivity index (χ1) is 9.02. The van der Waals surface area contributed by atoms with E-state index in [4.69, 9.17) is 16.3 Å². The van der Waals surface area contributed by atoms with Crippen LogP contribution in [0.2, 0.25) is 5.02 Å². The molecule has 2 atom stereocenters. The van der Waals surface area contributed by atoms with E-state index in [0.717, 1.165) is 18.8 Å². The van der Waals surface area contributed by atoms with Gasteiger partial charge in [0.25, 0.3) is 0 Å². The number of carbonyl (C=O) groups is 1. The van der Waals surface area contributed by atoms with Gasteiger partial charge in [-0.2, -0.15) is 0 Å². The highest BCUT2D eigenvalue weighted by Gasteiger charge is 2.23. The Kier molecular flexibility index (Phi) is 6.76. The van der Waals surface area contributed by atoms with E-state index in [-0.39, 0.29) is 30.5 Å². The molecule has 1 fully saturated rings. The number of amides is 1. The van der Waals surface area contributed by atoms with Gasteiger partial charge < -0.3 is 10.1 Å². The Bertz CT molecular complexity index is 447. The van der Waals surface area contributed by atoms with Gasteiger partial charge >= 0.3 is 0 Å². The van der Waals surface area contributed by atoms with Crippen LogP contribution in [-0.4, -0.2) is 42.6 Å². The molecule has 1 amide bonds. The third-order valence-electron chi connectivity index (χ3n) is 2.97. The summed E-state index contributed by atoms with van der Waals surface area (Å²) in [7, 11) is 0. The molecule has 0 bridgehead atoms. The number of anilines is 1. The Balaban J connectivity index is 0.00000200. The number of morpholine rings is 1. The number of ether oxygens (including phenoxy) is 1. The number of halogens is 2. The molecule has 1 aromatic rings. The van der Waals surface area contributed by atoms with Crippen molar-refractivity contribution in [1.29, 1.82) is 0 Å². The van der Waals surface area contributed by atoms with Gasteiger partial charge in [-0.3, -0.25) is 9.69 Å². The molecular weight excluding hydrogens is 299 g/mol. The number of nitrogens with one attached hydrogen (secondary N) is 1. The van der Waals surface area contributed by atoms with Crippen molar-refractivity contribution in [2.45, 2.75) is 26.1 Å². The van der Waals surface area contributed by atoms with Gasteiger partial charge in [-0.05, 0) is 32.0 Å². The zero-order valence-corrected chi connectivity index (χ0v) is 13.2. The Labute approximate surface area is 130 Å². The van der Waals surface area contributed by atoms with Crippen LogP contribution in [-0.2, 0) is 9.53 Å². The second-order valence-corrected chi connectivity index (χ2v) is 5.45. The highest BCUT2D eigenvalue weighted by atomic mass is 35.5. The number of rotatable bonds is 3. The Hall–Kier alpha value is -0.810. The van der Waals surface area contributed by atoms with Crippen LogP contribution in [0.5, 0.6) is 0 Å². The quantitative estimate of drug-likeness (QED) is 0.931. The van der Waals surface area contributed by atoms with Crippen LogP contribution < -0.4 is 5.32 Å². The third-order valence-corrected chi connectivity index (χ3v) is 3.21. The minimum Gasteiger partial charge on any atom is -0.373 e. The highest BCUT2D eigenvalue weighted by molar-refractivity contribution is 6.30. The SMILES string of the molecule is CC1CN(CC(=O)Nc2cccc(Cl)c2)CC(C)O1.Cl. The first kappa shape index (κ1) is 17.2. The summed E-state index contributed by atoms with van der Waals surface area (Å²) in [5.41, 5.74) is 0.729. The maximum Gasteiger partial charge on any atom is 0.238 e. The Morgan fingerprint density at radius 2 is 2.05 bits per heavy atom. The van der Waals surface area contributed by atoms with Gasteiger partial charge in [0.05, 0.1) is 18.8 Å². The smallest absolute Gasteiger partial charge is 0.238 e. The van der Waals surface area contributed by atoms with E-state index in [1.807, 2.05) is 26.0 Å². The van der Waals surface area contributed by atoms with Gasteiger partial charge in [0.15, 0.2) is 0 Å². The van der Waals surface area contributed by atoms with Crippen molar-refractivity contribution in [2.24, 2.45) is 0 Å². The fourth-order valence-corrected chi connectivity index (χ4v) is 2.57. The first-order valence-corrected chi connectivity index (χ1v) is 6.84. The number of benzene rings is 1. The topological polar surface area (TPSA) is 41.6 Å². The molecule has 2 unspecified atom stereocenters. The van der Waals surface area contributed by atoms with Crippen molar-refractivity contribution < 1.29 is 9.53 Å². The van der Waals surface area contributed by atoms with Crippen LogP contribution in [0.25, 0.3) is 0 Å². The summed E-state index contributed by atoms with van der Waals surface area (Å²) in [5.74, 6) is -0.0245. The maximum absolute atomic E-state index is 12.0. The van der Waals surface area contributed by atoms with E-state index in [1.54, 1.807) is 12.1 Å². The highest BCUT2D eigenvalue weighted by Crippen LogP contribution is 2.15. The van der Waals surface area contributed by atoms with E-state index in [1.165, 1.54) is 0 Å². The van der Waals surface area contributed by atoms with E-state index < -0.39 is 0 Å². The van der Waals surface area contributed by atoms with Crippen LogP contribution in [0.4, 0.5) is 5.69 Å². The van der Waals surface area contributed by atoms with E-state index in [2.05, 4.69) is 10.2 Å². The average Bonchev–Trinajstić information content (AvgIpc) is 2.26. The van der Waals surface area contributed by atoms with Gasteiger partial charge in [-0.1, -0.05) is 17.7 Å². The predicted molar refractivity (Wildman–Crippen MR) is 83.8 cm³/mol. The number of hydrogen-bond donors (Lipinski definition) is 1. The molecule has 1 aromatic carbocycles. The van der Waals surface area contributed by atoms with Gasteiger partial charge in [0, 0.05) is 23.8 Å². The molecule has 0 saturated carbocycles. The van der Waals surface area contributed by atoms with E-state index in [0.29, 0.717) is 11.6 Å². The lowest BCUT2D eigenvalue weighted by molar-refractivity contribution is -0.121. The largest absolute Gasteiger partial charge is 0.373 e. The van der Waals surface area contributed by atoms with Crippen molar-refractivity contribution in [3.63, 3.8) is 0 Å². The van der Waals surface area contributed by atoms with Crippen molar-refractivity contribution in [3.8, 4) is 0 Å². The van der Waals surface area contributed by atoms with Gasteiger partial charge in [-0.25, -0.2) is 0 Å². The minimum absolute atomic E-state index is 0. The summed E-state index contributed by atoms with van der Waals surface area (Å²) in [4.78, 5) is 14.1. The van der Waals surface area contributed by atoms with Crippen LogP contribution in [0.1, 0.15) is 13.8 Å². The second-order valence-electron chi connectivity index (χ2n) is 5.01. The summed E-state index contributed by atoms with van der Waals surface area (Å²) in [6, 6.07) is 7.16. The third kappa shape index (κ3) is 5.29. The predicted octanol–water partition coefficient (Wildman–Crippen LogP) is 2.81. The summed E-state index contributed by atoms with van der Waals surface area (Å²) in [6.45, 7) is 6.00.